The van der Waals surface area contributed by atoms with E-state index in [-0.39, 0.29) is 5.75 Å². The van der Waals surface area contributed by atoms with Crippen LogP contribution in [0, 0.1) is 0 Å². The molecule has 0 aromatic carbocycles. The lowest BCUT2D eigenvalue weighted by atomic mass is 10.2. The van der Waals surface area contributed by atoms with Crippen LogP contribution in [0.25, 0.3) is 0 Å². The number of esters is 1. The van der Waals surface area contributed by atoms with Gasteiger partial charge in [-0.3, -0.25) is 4.79 Å². The molecule has 0 heterocycles. The summed E-state index contributed by atoms with van der Waals surface area (Å²) in [6, 6.07) is 0. The second kappa shape index (κ2) is 4.29. The van der Waals surface area contributed by atoms with Crippen LogP contribution in [0.2, 0.25) is 0 Å². The van der Waals surface area contributed by atoms with E-state index in [0.717, 1.165) is 0 Å². The highest BCUT2D eigenvalue weighted by Gasteiger charge is 2.30. The number of rotatable bonds is 3. The van der Waals surface area contributed by atoms with E-state index < -0.39 is 26.7 Å². The summed E-state index contributed by atoms with van der Waals surface area (Å²) in [4.78, 5) is 11.4. The predicted octanol–water partition coefficient (Wildman–Crippen LogP) is 1.15. The predicted molar refractivity (Wildman–Crippen MR) is 54.8 cm³/mol. The van der Waals surface area contributed by atoms with Crippen LogP contribution in [-0.4, -0.2) is 31.0 Å². The summed E-state index contributed by atoms with van der Waals surface area (Å²) < 4.78 is 27.6. The number of carbonyl (C=O) groups is 1. The lowest BCUT2D eigenvalue weighted by Crippen LogP contribution is -2.35. The van der Waals surface area contributed by atoms with Crippen molar-refractivity contribution < 1.29 is 17.9 Å². The minimum atomic E-state index is -3.34. The van der Waals surface area contributed by atoms with Crippen molar-refractivity contribution >= 4 is 15.8 Å². The van der Waals surface area contributed by atoms with Crippen molar-refractivity contribution in [3.05, 3.63) is 0 Å². The Morgan fingerprint density at radius 3 is 2.07 bits per heavy atom. The topological polar surface area (TPSA) is 60.4 Å². The normalized spacial score (nSPS) is 14.9. The largest absolute Gasteiger partial charge is 0.459 e. The highest BCUT2D eigenvalue weighted by atomic mass is 32.2. The molecule has 0 rings (SSSR count). The maximum atomic E-state index is 11.4. The van der Waals surface area contributed by atoms with Gasteiger partial charge in [0.15, 0.2) is 15.1 Å². The number of hydrogen-bond acceptors (Lipinski definition) is 4. The molecule has 0 bridgehead atoms. The van der Waals surface area contributed by atoms with Crippen molar-refractivity contribution in [2.24, 2.45) is 0 Å². The van der Waals surface area contributed by atoms with Crippen LogP contribution >= 0.6 is 0 Å². The summed E-state index contributed by atoms with van der Waals surface area (Å²) in [5, 5.41) is -1.08. The highest BCUT2D eigenvalue weighted by molar-refractivity contribution is 7.92. The van der Waals surface area contributed by atoms with Crippen LogP contribution in [0.1, 0.15) is 34.6 Å². The molecule has 4 nitrogen and oxygen atoms in total. The first-order valence-electron chi connectivity index (χ1n) is 4.54. The van der Waals surface area contributed by atoms with Gasteiger partial charge < -0.3 is 4.74 Å². The molecule has 1 unspecified atom stereocenters. The maximum absolute atomic E-state index is 11.4. The number of sulfone groups is 1. The second-order valence-corrected chi connectivity index (χ2v) is 6.74. The summed E-state index contributed by atoms with van der Waals surface area (Å²) in [6.07, 6.45) is 0. The van der Waals surface area contributed by atoms with Gasteiger partial charge in [0.25, 0.3) is 0 Å². The van der Waals surface area contributed by atoms with Gasteiger partial charge in [0.05, 0.1) is 0 Å². The lowest BCUT2D eigenvalue weighted by molar-refractivity contribution is -0.153. The second-order valence-electron chi connectivity index (χ2n) is 4.13. The van der Waals surface area contributed by atoms with Crippen LogP contribution in [-0.2, 0) is 19.4 Å². The molecule has 0 aromatic rings. The van der Waals surface area contributed by atoms with Gasteiger partial charge >= 0.3 is 5.97 Å². The van der Waals surface area contributed by atoms with E-state index in [1.807, 2.05) is 0 Å². The Kier molecular flexibility index (Phi) is 4.12. The van der Waals surface area contributed by atoms with E-state index in [1.54, 1.807) is 20.8 Å². The Hall–Kier alpha value is -0.580. The summed E-state index contributed by atoms with van der Waals surface area (Å²) in [6.45, 7) is 7.98. The maximum Gasteiger partial charge on any atom is 0.324 e. The van der Waals surface area contributed by atoms with Gasteiger partial charge in [-0.1, -0.05) is 6.92 Å². The lowest BCUT2D eigenvalue weighted by Gasteiger charge is -2.21. The molecule has 0 aliphatic rings. The molecule has 0 amide bonds. The summed E-state index contributed by atoms with van der Waals surface area (Å²) in [5.41, 5.74) is -0.644. The first-order valence-corrected chi connectivity index (χ1v) is 6.26. The minimum absolute atomic E-state index is 0.0482. The quantitative estimate of drug-likeness (QED) is 0.672. The van der Waals surface area contributed by atoms with Gasteiger partial charge in [0.2, 0.25) is 0 Å². The molecule has 0 saturated carbocycles. The zero-order valence-electron chi connectivity index (χ0n) is 9.33. The Morgan fingerprint density at radius 2 is 1.79 bits per heavy atom. The Bertz CT molecular complexity index is 297. The van der Waals surface area contributed by atoms with Crippen molar-refractivity contribution in [1.82, 2.24) is 0 Å². The molecule has 1 atom stereocenters. The van der Waals surface area contributed by atoms with Gasteiger partial charge in [-0.05, 0) is 27.7 Å². The van der Waals surface area contributed by atoms with Crippen LogP contribution < -0.4 is 0 Å². The molecule has 0 saturated heterocycles. The SMILES string of the molecule is CCS(=O)(=O)C(C)C(=O)OC(C)(C)C. The molecule has 5 heteroatoms. The average Bonchev–Trinajstić information content (AvgIpc) is 2.00. The van der Waals surface area contributed by atoms with E-state index in [1.165, 1.54) is 13.8 Å². The Balaban J connectivity index is 4.58. The average molecular weight is 222 g/mol. The fourth-order valence-electron chi connectivity index (χ4n) is 0.781. The smallest absolute Gasteiger partial charge is 0.324 e. The minimum Gasteiger partial charge on any atom is -0.459 e. The van der Waals surface area contributed by atoms with Gasteiger partial charge in [-0.15, -0.1) is 0 Å². The Morgan fingerprint density at radius 1 is 1.36 bits per heavy atom. The van der Waals surface area contributed by atoms with Crippen molar-refractivity contribution in [3.8, 4) is 0 Å². The van der Waals surface area contributed by atoms with Gasteiger partial charge in [-0.2, -0.15) is 0 Å². The fraction of sp³-hybridized carbons (Fsp3) is 0.889. The summed E-state index contributed by atoms with van der Waals surface area (Å²) in [5.74, 6) is -0.729. The van der Waals surface area contributed by atoms with E-state index >= 15 is 0 Å². The molecular formula is C9H18O4S. The van der Waals surface area contributed by atoms with Crippen LogP contribution in [0.3, 0.4) is 0 Å². The van der Waals surface area contributed by atoms with Crippen molar-refractivity contribution in [2.75, 3.05) is 5.75 Å². The molecule has 0 spiro atoms. The number of ether oxygens (including phenoxy) is 1. The standard InChI is InChI=1S/C9H18O4S/c1-6-14(11,12)7(2)8(10)13-9(3,4)5/h7H,6H2,1-5H3. The van der Waals surface area contributed by atoms with Crippen molar-refractivity contribution in [2.45, 2.75) is 45.5 Å². The third-order valence-corrected chi connectivity index (χ3v) is 3.75. The Labute approximate surface area is 85.6 Å². The van der Waals surface area contributed by atoms with Crippen molar-refractivity contribution in [1.29, 1.82) is 0 Å². The van der Waals surface area contributed by atoms with Gasteiger partial charge in [-0.25, -0.2) is 8.42 Å². The third kappa shape index (κ3) is 4.09. The van der Waals surface area contributed by atoms with Crippen molar-refractivity contribution in [3.63, 3.8) is 0 Å². The fourth-order valence-corrected chi connectivity index (χ4v) is 1.62. The van der Waals surface area contributed by atoms with E-state index in [9.17, 15) is 13.2 Å². The first kappa shape index (κ1) is 13.4. The van der Waals surface area contributed by atoms with Gasteiger partial charge in [0, 0.05) is 5.75 Å². The number of carbonyl (C=O) groups excluding carboxylic acids is 1. The molecule has 0 N–H and O–H groups in total. The molecule has 0 radical (unpaired) electrons. The van der Waals surface area contributed by atoms with Crippen LogP contribution in [0.5, 0.6) is 0 Å². The molecule has 0 aliphatic carbocycles. The molecule has 0 fully saturated rings. The first-order chi connectivity index (χ1) is 6.10. The molecular weight excluding hydrogens is 204 g/mol. The van der Waals surface area contributed by atoms with Crippen LogP contribution in [0.15, 0.2) is 0 Å². The molecule has 84 valence electrons. The van der Waals surface area contributed by atoms with Gasteiger partial charge in [0.1, 0.15) is 5.60 Å². The monoisotopic (exact) mass is 222 g/mol. The van der Waals surface area contributed by atoms with E-state index in [2.05, 4.69) is 0 Å². The summed E-state index contributed by atoms with van der Waals surface area (Å²) in [7, 11) is -3.34. The van der Waals surface area contributed by atoms with E-state index in [0.29, 0.717) is 0 Å². The molecule has 14 heavy (non-hydrogen) atoms. The zero-order valence-corrected chi connectivity index (χ0v) is 10.1. The van der Waals surface area contributed by atoms with Crippen LogP contribution in [0.4, 0.5) is 0 Å². The molecule has 0 aliphatic heterocycles. The van der Waals surface area contributed by atoms with E-state index in [4.69, 9.17) is 4.74 Å². The molecule has 0 aromatic heterocycles. The number of hydrogen-bond donors (Lipinski definition) is 0. The zero-order chi connectivity index (χ0) is 11.6. The summed E-state index contributed by atoms with van der Waals surface area (Å²) >= 11 is 0. The third-order valence-electron chi connectivity index (χ3n) is 1.68. The highest BCUT2D eigenvalue weighted by Crippen LogP contribution is 2.12.